The minimum Gasteiger partial charge on any atom is -0.481 e. The van der Waals surface area contributed by atoms with Crippen LogP contribution in [0.15, 0.2) is 0 Å². The van der Waals surface area contributed by atoms with Crippen LogP contribution in [0.1, 0.15) is 19.3 Å². The summed E-state index contributed by atoms with van der Waals surface area (Å²) < 4.78 is 22.7. The predicted molar refractivity (Wildman–Crippen MR) is 66.2 cm³/mol. The summed E-state index contributed by atoms with van der Waals surface area (Å²) in [5.74, 6) is -0.422. The highest BCUT2D eigenvalue weighted by Gasteiger charge is 2.35. The van der Waals surface area contributed by atoms with E-state index in [-0.39, 0.29) is 35.9 Å². The molecule has 0 aliphatic carbocycles. The second-order valence-corrected chi connectivity index (χ2v) is 6.93. The van der Waals surface area contributed by atoms with Gasteiger partial charge in [-0.3, -0.25) is 9.69 Å². The molecule has 0 saturated carbocycles. The second kappa shape index (κ2) is 5.54. The van der Waals surface area contributed by atoms with Crippen molar-refractivity contribution in [3.05, 3.63) is 0 Å². The molecule has 2 rings (SSSR count). The lowest BCUT2D eigenvalue weighted by Gasteiger charge is -2.33. The summed E-state index contributed by atoms with van der Waals surface area (Å²) in [7, 11) is -2.83. The molecule has 0 bridgehead atoms. The number of aliphatic carboxylic acids is 1. The van der Waals surface area contributed by atoms with E-state index in [4.69, 9.17) is 5.11 Å². The van der Waals surface area contributed by atoms with Gasteiger partial charge >= 0.3 is 5.97 Å². The molecular weight excluding hydrogens is 266 g/mol. The summed E-state index contributed by atoms with van der Waals surface area (Å²) >= 11 is 0. The molecule has 2 fully saturated rings. The first-order chi connectivity index (χ1) is 7.48. The molecule has 1 atom stereocenters. The van der Waals surface area contributed by atoms with E-state index in [1.807, 2.05) is 0 Å². The van der Waals surface area contributed by atoms with Gasteiger partial charge in [-0.25, -0.2) is 8.42 Å². The minimum absolute atomic E-state index is 0. The molecule has 1 unspecified atom stereocenters. The average Bonchev–Trinajstić information content (AvgIpc) is 2.59. The van der Waals surface area contributed by atoms with Gasteiger partial charge in [0.1, 0.15) is 0 Å². The fraction of sp³-hybridized carbons (Fsp3) is 0.900. The lowest BCUT2D eigenvalue weighted by molar-refractivity contribution is -0.143. The number of carboxylic acids is 1. The Morgan fingerprint density at radius 3 is 2.18 bits per heavy atom. The van der Waals surface area contributed by atoms with Crippen molar-refractivity contribution in [2.75, 3.05) is 24.6 Å². The normalized spacial score (nSPS) is 29.8. The number of hydrogen-bond acceptors (Lipinski definition) is 4. The van der Waals surface area contributed by atoms with Gasteiger partial charge in [0.05, 0.1) is 17.4 Å². The van der Waals surface area contributed by atoms with Crippen LogP contribution in [0.4, 0.5) is 0 Å². The van der Waals surface area contributed by atoms with E-state index in [2.05, 4.69) is 4.90 Å². The Labute approximate surface area is 108 Å². The zero-order valence-corrected chi connectivity index (χ0v) is 11.2. The summed E-state index contributed by atoms with van der Waals surface area (Å²) in [5.41, 5.74) is 0. The standard InChI is InChI=1S/C10H17NO4S.ClH/c12-10(13)8-1-4-11(5-2-8)9-3-6-16(14,15)7-9;/h8-9H,1-7H2,(H,12,13);1H. The van der Waals surface area contributed by atoms with Crippen LogP contribution in [0, 0.1) is 5.92 Å². The number of rotatable bonds is 2. The molecule has 100 valence electrons. The summed E-state index contributed by atoms with van der Waals surface area (Å²) in [6.45, 7) is 1.44. The molecule has 5 nitrogen and oxygen atoms in total. The van der Waals surface area contributed by atoms with Crippen LogP contribution in [-0.4, -0.2) is 55.0 Å². The first-order valence-corrected chi connectivity index (χ1v) is 7.47. The molecular formula is C10H18ClNO4S. The Balaban J connectivity index is 0.00000144. The predicted octanol–water partition coefficient (Wildman–Crippen LogP) is 0.392. The van der Waals surface area contributed by atoms with Gasteiger partial charge in [-0.1, -0.05) is 0 Å². The topological polar surface area (TPSA) is 74.7 Å². The molecule has 2 heterocycles. The summed E-state index contributed by atoms with van der Waals surface area (Å²) in [5, 5.41) is 8.86. The van der Waals surface area contributed by atoms with Crippen molar-refractivity contribution in [2.24, 2.45) is 5.92 Å². The highest BCUT2D eigenvalue weighted by molar-refractivity contribution is 7.91. The smallest absolute Gasteiger partial charge is 0.306 e. The Morgan fingerprint density at radius 2 is 1.76 bits per heavy atom. The first-order valence-electron chi connectivity index (χ1n) is 5.65. The first kappa shape index (κ1) is 14.7. The Kier molecular flexibility index (Phi) is 4.80. The van der Waals surface area contributed by atoms with Crippen LogP contribution in [0.5, 0.6) is 0 Å². The van der Waals surface area contributed by atoms with Crippen LogP contribution in [-0.2, 0) is 14.6 Å². The van der Waals surface area contributed by atoms with Crippen LogP contribution in [0.25, 0.3) is 0 Å². The molecule has 2 aliphatic rings. The summed E-state index contributed by atoms with van der Waals surface area (Å²) in [6.07, 6.45) is 2.00. The maximum absolute atomic E-state index is 11.3. The van der Waals surface area contributed by atoms with Crippen molar-refractivity contribution in [3.63, 3.8) is 0 Å². The molecule has 1 N–H and O–H groups in total. The third-order valence-electron chi connectivity index (χ3n) is 3.60. The van der Waals surface area contributed by atoms with Crippen LogP contribution in [0.3, 0.4) is 0 Å². The van der Waals surface area contributed by atoms with Gasteiger partial charge in [-0.05, 0) is 32.4 Å². The number of carboxylic acid groups (broad SMARTS) is 1. The zero-order chi connectivity index (χ0) is 11.8. The fourth-order valence-corrected chi connectivity index (χ4v) is 4.34. The number of sulfone groups is 1. The molecule has 0 amide bonds. The van der Waals surface area contributed by atoms with Gasteiger partial charge in [0.2, 0.25) is 0 Å². The Hall–Kier alpha value is -0.330. The second-order valence-electron chi connectivity index (χ2n) is 4.71. The number of piperidine rings is 1. The molecule has 0 aromatic heterocycles. The van der Waals surface area contributed by atoms with Crippen LogP contribution >= 0.6 is 12.4 Å². The molecule has 0 spiro atoms. The largest absolute Gasteiger partial charge is 0.481 e. The summed E-state index contributed by atoms with van der Waals surface area (Å²) in [6, 6.07) is 0.125. The Bertz CT molecular complexity index is 376. The number of hydrogen-bond donors (Lipinski definition) is 1. The monoisotopic (exact) mass is 283 g/mol. The molecule has 2 saturated heterocycles. The maximum Gasteiger partial charge on any atom is 0.306 e. The van der Waals surface area contributed by atoms with Gasteiger partial charge in [-0.15, -0.1) is 12.4 Å². The van der Waals surface area contributed by atoms with E-state index in [1.54, 1.807) is 0 Å². The van der Waals surface area contributed by atoms with Gasteiger partial charge in [-0.2, -0.15) is 0 Å². The van der Waals surface area contributed by atoms with Crippen molar-refractivity contribution in [1.82, 2.24) is 4.90 Å². The number of carbonyl (C=O) groups is 1. The van der Waals surface area contributed by atoms with Crippen molar-refractivity contribution in [3.8, 4) is 0 Å². The zero-order valence-electron chi connectivity index (χ0n) is 9.54. The lowest BCUT2D eigenvalue weighted by atomic mass is 9.96. The number of halogens is 1. The average molecular weight is 284 g/mol. The van der Waals surface area contributed by atoms with E-state index in [1.165, 1.54) is 0 Å². The van der Waals surface area contributed by atoms with Gasteiger partial charge in [0.25, 0.3) is 0 Å². The quantitative estimate of drug-likeness (QED) is 0.794. The third kappa shape index (κ3) is 3.56. The van der Waals surface area contributed by atoms with Crippen molar-refractivity contribution < 1.29 is 18.3 Å². The SMILES string of the molecule is Cl.O=C(O)C1CCN(C2CCS(=O)(=O)C2)CC1. The maximum atomic E-state index is 11.3. The molecule has 0 aromatic carbocycles. The van der Waals surface area contributed by atoms with Crippen molar-refractivity contribution >= 4 is 28.2 Å². The molecule has 0 aromatic rings. The fourth-order valence-electron chi connectivity index (χ4n) is 2.57. The van der Waals surface area contributed by atoms with Crippen LogP contribution in [0.2, 0.25) is 0 Å². The lowest BCUT2D eigenvalue weighted by Crippen LogP contribution is -2.43. The third-order valence-corrected chi connectivity index (χ3v) is 5.35. The molecule has 2 aliphatic heterocycles. The van der Waals surface area contributed by atoms with Gasteiger partial charge in [0.15, 0.2) is 9.84 Å². The molecule has 0 radical (unpaired) electrons. The van der Waals surface area contributed by atoms with Crippen LogP contribution < -0.4 is 0 Å². The highest BCUT2D eigenvalue weighted by Crippen LogP contribution is 2.24. The number of nitrogens with zero attached hydrogens (tertiary/aromatic N) is 1. The van der Waals surface area contributed by atoms with E-state index < -0.39 is 15.8 Å². The van der Waals surface area contributed by atoms with E-state index in [9.17, 15) is 13.2 Å². The van der Waals surface area contributed by atoms with Gasteiger partial charge < -0.3 is 5.11 Å². The number of likely N-dealkylation sites (tertiary alicyclic amines) is 1. The molecule has 17 heavy (non-hydrogen) atoms. The van der Waals surface area contributed by atoms with Crippen molar-refractivity contribution in [1.29, 1.82) is 0 Å². The minimum atomic E-state index is -2.83. The summed E-state index contributed by atoms with van der Waals surface area (Å²) in [4.78, 5) is 12.9. The van der Waals surface area contributed by atoms with Crippen molar-refractivity contribution in [2.45, 2.75) is 25.3 Å². The van der Waals surface area contributed by atoms with E-state index >= 15 is 0 Å². The van der Waals surface area contributed by atoms with E-state index in [0.29, 0.717) is 19.3 Å². The Morgan fingerprint density at radius 1 is 1.18 bits per heavy atom. The van der Waals surface area contributed by atoms with E-state index in [0.717, 1.165) is 13.1 Å². The van der Waals surface area contributed by atoms with Gasteiger partial charge in [0, 0.05) is 6.04 Å². The molecule has 7 heteroatoms. The highest BCUT2D eigenvalue weighted by atomic mass is 35.5.